The van der Waals surface area contributed by atoms with E-state index in [0.717, 1.165) is 99.3 Å². The molecule has 1 unspecified atom stereocenters. The molecule has 3 saturated heterocycles. The number of thiazole rings is 1. The third-order valence-electron chi connectivity index (χ3n) is 16.1. The second-order valence-corrected chi connectivity index (χ2v) is 23.6. The molecular formula is C56H62FN9O8S2. The summed E-state index contributed by atoms with van der Waals surface area (Å²) in [6.07, 6.45) is 8.52. The van der Waals surface area contributed by atoms with Crippen molar-refractivity contribution in [3.63, 3.8) is 0 Å². The number of ether oxygens (including phenoxy) is 3. The van der Waals surface area contributed by atoms with Gasteiger partial charge in [-0.2, -0.15) is 0 Å². The molecule has 76 heavy (non-hydrogen) atoms. The predicted molar refractivity (Wildman–Crippen MR) is 291 cm³/mol. The van der Waals surface area contributed by atoms with Crippen LogP contribution in [0.1, 0.15) is 91.4 Å². The van der Waals surface area contributed by atoms with E-state index >= 15 is 4.39 Å². The molecule has 4 fully saturated rings. The summed E-state index contributed by atoms with van der Waals surface area (Å²) in [7, 11) is -3.16. The van der Waals surface area contributed by atoms with E-state index in [0.29, 0.717) is 50.5 Å². The van der Waals surface area contributed by atoms with Gasteiger partial charge in [-0.15, -0.1) is 11.3 Å². The minimum absolute atomic E-state index is 0.0467. The molecule has 1 amide bonds. The van der Waals surface area contributed by atoms with E-state index in [4.69, 9.17) is 14.2 Å². The fourth-order valence-corrected chi connectivity index (χ4v) is 14.0. The lowest BCUT2D eigenvalue weighted by Gasteiger charge is -2.58. The fraction of sp³-hybridized carbons (Fsp3) is 0.411. The number of nitrogens with zero attached hydrogens (tertiary/aromatic N) is 6. The van der Waals surface area contributed by atoms with Gasteiger partial charge in [-0.05, 0) is 103 Å². The Labute approximate surface area is 445 Å². The Morgan fingerprint density at radius 3 is 2.53 bits per heavy atom. The number of nitrogens with one attached hydrogen (secondary N) is 3. The maximum atomic E-state index is 16.7. The maximum absolute atomic E-state index is 16.7. The molecule has 20 heteroatoms. The molecule has 3 N–H and O–H groups in total. The van der Waals surface area contributed by atoms with E-state index in [9.17, 15) is 23.3 Å². The largest absolute Gasteiger partial charge is 0.497 e. The number of hydrogen-bond acceptors (Lipinski definition) is 15. The summed E-state index contributed by atoms with van der Waals surface area (Å²) in [4.78, 5) is 44.6. The van der Waals surface area contributed by atoms with Gasteiger partial charge in [0.1, 0.15) is 44.8 Å². The summed E-state index contributed by atoms with van der Waals surface area (Å²) in [6.45, 7) is 11.0. The first-order chi connectivity index (χ1) is 36.7. The molecule has 4 aliphatic rings. The monoisotopic (exact) mass is 1070 g/mol. The highest BCUT2D eigenvalue weighted by molar-refractivity contribution is 7.90. The molecule has 1 spiro atoms. The van der Waals surface area contributed by atoms with Crippen molar-refractivity contribution in [2.75, 3.05) is 69.8 Å². The number of anilines is 2. The van der Waals surface area contributed by atoms with Crippen LogP contribution < -0.4 is 24.4 Å². The van der Waals surface area contributed by atoms with Crippen molar-refractivity contribution in [3.05, 3.63) is 135 Å². The van der Waals surface area contributed by atoms with Crippen LogP contribution in [0, 0.1) is 27.3 Å². The van der Waals surface area contributed by atoms with Crippen molar-refractivity contribution in [3.8, 4) is 17.2 Å². The van der Waals surface area contributed by atoms with E-state index in [1.807, 2.05) is 17.0 Å². The Hall–Kier alpha value is -6.71. The number of carbonyl (C=O) groups excluding carboxylic acids is 1. The zero-order chi connectivity index (χ0) is 52.7. The molecule has 3 aliphatic heterocycles. The summed E-state index contributed by atoms with van der Waals surface area (Å²) in [6, 6.07) is 24.8. The number of rotatable bonds is 16. The first-order valence-electron chi connectivity index (χ1n) is 26.1. The Bertz CT molecular complexity index is 3380. The van der Waals surface area contributed by atoms with Gasteiger partial charge in [0.25, 0.3) is 21.6 Å². The molecule has 6 heterocycles. The second kappa shape index (κ2) is 21.4. The molecule has 398 valence electrons. The number of benzene rings is 4. The number of methoxy groups -OCH3 is 1. The minimum atomic E-state index is -4.85. The van der Waals surface area contributed by atoms with Crippen molar-refractivity contribution < 1.29 is 36.7 Å². The first-order valence-corrected chi connectivity index (χ1v) is 28.4. The topological polar surface area (TPSA) is 197 Å². The number of amides is 1. The van der Waals surface area contributed by atoms with Crippen LogP contribution in [0.15, 0.2) is 102 Å². The van der Waals surface area contributed by atoms with Crippen LogP contribution in [-0.2, 0) is 21.3 Å². The number of pyridine rings is 1. The van der Waals surface area contributed by atoms with Crippen molar-refractivity contribution >= 4 is 65.6 Å². The van der Waals surface area contributed by atoms with Gasteiger partial charge in [0, 0.05) is 94.8 Å². The molecule has 0 radical (unpaired) electrons. The summed E-state index contributed by atoms with van der Waals surface area (Å²) < 4.78 is 64.8. The van der Waals surface area contributed by atoms with Crippen molar-refractivity contribution in [1.82, 2.24) is 29.5 Å². The molecule has 0 bridgehead atoms. The molecule has 1 saturated carbocycles. The molecule has 1 atom stereocenters. The SMILES string of the molecule is COc1ccc(CN2CCN(C3CC4(CCN(c5cc(Oc6cnc7[nH]ccc7c6)c(C(=O)NS(=O)(=O)c6cc([N+](=O)[O-])c(NCC7CCOCC7)c7scnc67)cc5F)CC4)C3)C(c3ccccc3C(C)C)C2)cc1. The number of H-pyrrole nitrogens is 1. The molecule has 7 aromatic rings. The van der Waals surface area contributed by atoms with E-state index < -0.39 is 42.8 Å². The number of nitro benzene ring substituents is 1. The van der Waals surface area contributed by atoms with Crippen molar-refractivity contribution in [1.29, 1.82) is 0 Å². The highest BCUT2D eigenvalue weighted by Gasteiger charge is 2.50. The number of hydrogen-bond donors (Lipinski definition) is 3. The third-order valence-corrected chi connectivity index (χ3v) is 18.3. The first kappa shape index (κ1) is 51.4. The number of fused-ring (bicyclic) bond motifs is 2. The lowest BCUT2D eigenvalue weighted by Crippen LogP contribution is -2.60. The Kier molecular flexibility index (Phi) is 14.5. The van der Waals surface area contributed by atoms with Gasteiger partial charge in [0.05, 0.1) is 39.7 Å². The van der Waals surface area contributed by atoms with Crippen LogP contribution in [0.2, 0.25) is 0 Å². The Morgan fingerprint density at radius 1 is 1.00 bits per heavy atom. The molecular weight excluding hydrogens is 1010 g/mol. The highest BCUT2D eigenvalue weighted by atomic mass is 32.2. The van der Waals surface area contributed by atoms with E-state index in [-0.39, 0.29) is 50.5 Å². The lowest BCUT2D eigenvalue weighted by atomic mass is 9.59. The fourth-order valence-electron chi connectivity index (χ4n) is 11.9. The molecule has 4 aromatic carbocycles. The van der Waals surface area contributed by atoms with Crippen molar-refractivity contribution in [2.24, 2.45) is 11.3 Å². The average molecular weight is 1070 g/mol. The number of aromatic amines is 1. The number of sulfonamides is 1. The number of carbonyl (C=O) groups is 1. The summed E-state index contributed by atoms with van der Waals surface area (Å²) in [5.41, 5.74) is 5.57. The highest BCUT2D eigenvalue weighted by Crippen LogP contribution is 2.54. The summed E-state index contributed by atoms with van der Waals surface area (Å²) >= 11 is 1.04. The van der Waals surface area contributed by atoms with Crippen LogP contribution >= 0.6 is 11.3 Å². The van der Waals surface area contributed by atoms with Crippen LogP contribution in [-0.4, -0.2) is 110 Å². The number of piperazine rings is 1. The van der Waals surface area contributed by atoms with E-state index in [2.05, 4.69) is 85.0 Å². The number of nitro groups is 1. The van der Waals surface area contributed by atoms with Crippen LogP contribution in [0.4, 0.5) is 21.5 Å². The normalized spacial score (nSPS) is 18.8. The molecule has 3 aromatic heterocycles. The summed E-state index contributed by atoms with van der Waals surface area (Å²) in [5, 5.41) is 16.4. The Morgan fingerprint density at radius 2 is 1.78 bits per heavy atom. The van der Waals surface area contributed by atoms with Gasteiger partial charge in [-0.1, -0.05) is 50.2 Å². The van der Waals surface area contributed by atoms with Gasteiger partial charge in [0.15, 0.2) is 0 Å². The van der Waals surface area contributed by atoms with Crippen molar-refractivity contribution in [2.45, 2.75) is 81.8 Å². The van der Waals surface area contributed by atoms with Crippen LogP contribution in [0.25, 0.3) is 21.3 Å². The number of halogens is 1. The smallest absolute Gasteiger partial charge is 0.295 e. The van der Waals surface area contributed by atoms with Gasteiger partial charge in [-0.3, -0.25) is 24.7 Å². The maximum Gasteiger partial charge on any atom is 0.295 e. The average Bonchev–Trinajstić information content (AvgIpc) is 4.13. The second-order valence-electron chi connectivity index (χ2n) is 21.1. The summed E-state index contributed by atoms with van der Waals surface area (Å²) in [5.74, 6) is -0.351. The standard InChI is InChI=1S/C56H62FN9O8S2/c1-35(2)42-6-4-5-7-43(42)48-33-63(32-37-8-10-40(72-3)11-9-37)20-21-65(48)39-28-56(29-39)15-18-64(19-16-56)46-26-49(74-41-24-38-12-17-58-54(38)60-31-41)44(25-45(46)57)55(67)62-76(70,71)50-27-47(66(68)69)51(53-52(50)61-34-75-53)59-30-36-13-22-73-23-14-36/h4-12,17,24-27,31,34-36,39,48,59H,13-16,18-23,28-30,32-33H2,1-3H3,(H,58,60)(H,62,67). The lowest BCUT2D eigenvalue weighted by molar-refractivity contribution is -0.384. The number of piperidine rings is 1. The third kappa shape index (κ3) is 10.4. The van der Waals surface area contributed by atoms with Gasteiger partial charge in [-0.25, -0.2) is 27.5 Å². The van der Waals surface area contributed by atoms with Crippen LogP contribution in [0.3, 0.4) is 0 Å². The molecule has 17 nitrogen and oxygen atoms in total. The predicted octanol–water partition coefficient (Wildman–Crippen LogP) is 10.4. The molecule has 1 aliphatic carbocycles. The van der Waals surface area contributed by atoms with Crippen LogP contribution in [0.5, 0.6) is 17.2 Å². The van der Waals surface area contributed by atoms with E-state index in [1.165, 1.54) is 34.5 Å². The minimum Gasteiger partial charge on any atom is -0.497 e. The van der Waals surface area contributed by atoms with Gasteiger partial charge >= 0.3 is 0 Å². The number of aromatic nitrogens is 3. The quantitative estimate of drug-likeness (QED) is 0.0610. The Balaban J connectivity index is 0.821. The molecule has 11 rings (SSSR count). The zero-order valence-corrected chi connectivity index (χ0v) is 44.4. The zero-order valence-electron chi connectivity index (χ0n) is 42.8. The van der Waals surface area contributed by atoms with Gasteiger partial charge < -0.3 is 29.4 Å². The van der Waals surface area contributed by atoms with Gasteiger partial charge in [0.2, 0.25) is 0 Å². The van der Waals surface area contributed by atoms with E-state index in [1.54, 1.807) is 25.4 Å².